The quantitative estimate of drug-likeness (QED) is 0.602. The van der Waals surface area contributed by atoms with Gasteiger partial charge in [0.1, 0.15) is 6.61 Å². The highest BCUT2D eigenvalue weighted by Crippen LogP contribution is 2.28. The Morgan fingerprint density at radius 3 is 2.73 bits per heavy atom. The Labute approximate surface area is 150 Å². The van der Waals surface area contributed by atoms with E-state index >= 15 is 0 Å². The van der Waals surface area contributed by atoms with E-state index in [-0.39, 0.29) is 48.3 Å². The van der Waals surface area contributed by atoms with Gasteiger partial charge in [0.05, 0.1) is 24.1 Å². The van der Waals surface area contributed by atoms with Crippen LogP contribution in [0.2, 0.25) is 0 Å². The molecule has 2 atom stereocenters. The highest BCUT2D eigenvalue weighted by molar-refractivity contribution is 7.91. The second-order valence-electron chi connectivity index (χ2n) is 6.29. The van der Waals surface area contributed by atoms with Gasteiger partial charge in [0.2, 0.25) is 11.8 Å². The van der Waals surface area contributed by atoms with Crippen molar-refractivity contribution in [3.05, 3.63) is 11.7 Å². The van der Waals surface area contributed by atoms with Gasteiger partial charge in [-0.05, 0) is 0 Å². The van der Waals surface area contributed by atoms with Gasteiger partial charge in [-0.25, -0.2) is 8.42 Å². The number of piperazine rings is 1. The minimum atomic E-state index is -3.25. The van der Waals surface area contributed by atoms with Crippen LogP contribution in [0.3, 0.4) is 0 Å². The van der Waals surface area contributed by atoms with Gasteiger partial charge in [0.25, 0.3) is 11.7 Å². The van der Waals surface area contributed by atoms with Crippen LogP contribution in [0.4, 0.5) is 0 Å². The molecule has 2 amide bonds. The third-order valence-electron chi connectivity index (χ3n) is 4.62. The number of nitrogens with zero attached hydrogens (tertiary/aromatic N) is 4. The molecule has 2 fully saturated rings. The zero-order valence-corrected chi connectivity index (χ0v) is 15.4. The summed E-state index contributed by atoms with van der Waals surface area (Å²) in [5.41, 5.74) is 0. The van der Waals surface area contributed by atoms with E-state index in [0.29, 0.717) is 13.1 Å². The summed E-state index contributed by atoms with van der Waals surface area (Å²) in [5.74, 6) is -0.646. The minimum Gasteiger partial charge on any atom is -0.375 e. The average molecular weight is 387 g/mol. The van der Waals surface area contributed by atoms with Crippen molar-refractivity contribution in [2.75, 3.05) is 45.4 Å². The number of fused-ring (bicyclic) bond motifs is 1. The smallest absolute Gasteiger partial charge is 0.292 e. The number of nitrogens with one attached hydrogen (secondary N) is 1. The molecule has 1 aromatic rings. The fourth-order valence-electron chi connectivity index (χ4n) is 3.43. The van der Waals surface area contributed by atoms with E-state index in [4.69, 9.17) is 9.26 Å². The summed E-state index contributed by atoms with van der Waals surface area (Å²) in [4.78, 5) is 31.3. The third kappa shape index (κ3) is 3.71. The Morgan fingerprint density at radius 2 is 2.04 bits per heavy atom. The topological polar surface area (TPSA) is 135 Å². The number of sulfone groups is 1. The summed E-state index contributed by atoms with van der Waals surface area (Å²) in [6.45, 7) is 0.981. The lowest BCUT2D eigenvalue weighted by atomic mass is 10.0. The zero-order chi connectivity index (χ0) is 18.9. The summed E-state index contributed by atoms with van der Waals surface area (Å²) >= 11 is 0. The first-order valence-corrected chi connectivity index (χ1v) is 9.94. The first kappa shape index (κ1) is 18.7. The molecular weight excluding hydrogens is 366 g/mol. The van der Waals surface area contributed by atoms with Gasteiger partial charge in [-0.1, -0.05) is 5.16 Å². The monoisotopic (exact) mass is 387 g/mol. The van der Waals surface area contributed by atoms with Crippen LogP contribution < -0.4 is 5.32 Å². The molecule has 2 aliphatic rings. The van der Waals surface area contributed by atoms with E-state index in [1.54, 1.807) is 4.90 Å². The minimum absolute atomic E-state index is 0.0368. The number of amides is 2. The van der Waals surface area contributed by atoms with Gasteiger partial charge < -0.3 is 19.5 Å². The van der Waals surface area contributed by atoms with Crippen LogP contribution in [0.15, 0.2) is 4.52 Å². The van der Waals surface area contributed by atoms with Crippen LogP contribution in [0.5, 0.6) is 0 Å². The maximum atomic E-state index is 12.2. The third-order valence-corrected chi connectivity index (χ3v) is 6.31. The van der Waals surface area contributed by atoms with Crippen LogP contribution in [-0.4, -0.2) is 97.6 Å². The van der Waals surface area contributed by atoms with Crippen molar-refractivity contribution in [2.24, 2.45) is 0 Å². The number of ether oxygens (including phenoxy) is 1. The van der Waals surface area contributed by atoms with Gasteiger partial charge >= 0.3 is 0 Å². The van der Waals surface area contributed by atoms with Gasteiger partial charge in [0.15, 0.2) is 9.84 Å². The van der Waals surface area contributed by atoms with Crippen LogP contribution in [0.1, 0.15) is 16.5 Å². The first-order valence-electron chi connectivity index (χ1n) is 8.12. The van der Waals surface area contributed by atoms with E-state index in [0.717, 1.165) is 0 Å². The molecule has 12 heteroatoms. The van der Waals surface area contributed by atoms with Crippen molar-refractivity contribution in [1.29, 1.82) is 0 Å². The molecule has 0 aromatic carbocycles. The molecule has 3 heterocycles. The molecule has 0 aliphatic carbocycles. The van der Waals surface area contributed by atoms with Crippen molar-refractivity contribution in [2.45, 2.75) is 18.6 Å². The highest BCUT2D eigenvalue weighted by atomic mass is 32.2. The largest absolute Gasteiger partial charge is 0.375 e. The molecule has 1 N–H and O–H groups in total. The number of aromatic nitrogens is 2. The summed E-state index contributed by atoms with van der Waals surface area (Å²) in [6.07, 6.45) is 0. The van der Waals surface area contributed by atoms with Gasteiger partial charge in [-0.2, -0.15) is 4.98 Å². The Balaban J connectivity index is 1.76. The number of methoxy groups -OCH3 is 1. The maximum Gasteiger partial charge on any atom is 0.292 e. The van der Waals surface area contributed by atoms with Crippen molar-refractivity contribution < 1.29 is 27.3 Å². The molecule has 144 valence electrons. The average Bonchev–Trinajstić information content (AvgIpc) is 3.18. The zero-order valence-electron chi connectivity index (χ0n) is 14.5. The Morgan fingerprint density at radius 1 is 1.31 bits per heavy atom. The summed E-state index contributed by atoms with van der Waals surface area (Å²) in [6, 6.07) is -0.789. The predicted molar refractivity (Wildman–Crippen MR) is 87.9 cm³/mol. The molecule has 0 bridgehead atoms. The van der Waals surface area contributed by atoms with Crippen LogP contribution in [0.25, 0.3) is 0 Å². The SMILES string of the molecule is CNC(=O)c1noc(CN2CCN(C(=O)COC)[C@H]3CS(=O)(=O)C[C@H]32)n1. The maximum absolute atomic E-state index is 12.2. The molecular formula is C14H21N5O6S. The summed E-state index contributed by atoms with van der Waals surface area (Å²) in [5, 5.41) is 6.01. The Hall–Kier alpha value is -2.05. The van der Waals surface area contributed by atoms with E-state index in [2.05, 4.69) is 15.5 Å². The van der Waals surface area contributed by atoms with Crippen LogP contribution >= 0.6 is 0 Å². The molecule has 0 unspecified atom stereocenters. The van der Waals surface area contributed by atoms with Crippen LogP contribution in [0, 0.1) is 0 Å². The summed E-state index contributed by atoms with van der Waals surface area (Å²) in [7, 11) is -0.367. The molecule has 1 aromatic heterocycles. The lowest BCUT2D eigenvalue weighted by Gasteiger charge is -2.43. The fourth-order valence-corrected chi connectivity index (χ4v) is 5.45. The van der Waals surface area contributed by atoms with E-state index in [9.17, 15) is 18.0 Å². The fraction of sp³-hybridized carbons (Fsp3) is 0.714. The highest BCUT2D eigenvalue weighted by Gasteiger charge is 2.48. The normalized spacial score (nSPS) is 25.1. The molecule has 0 saturated carbocycles. The number of rotatable bonds is 5. The Kier molecular flexibility index (Phi) is 5.25. The van der Waals surface area contributed by atoms with E-state index in [1.807, 2.05) is 4.90 Å². The van der Waals surface area contributed by atoms with Gasteiger partial charge in [0, 0.05) is 33.3 Å². The molecule has 26 heavy (non-hydrogen) atoms. The number of carbonyl (C=O) groups is 2. The predicted octanol–water partition coefficient (Wildman–Crippen LogP) is -2.11. The Bertz CT molecular complexity index is 794. The van der Waals surface area contributed by atoms with Crippen LogP contribution in [-0.2, 0) is 25.9 Å². The molecule has 0 spiro atoms. The second-order valence-corrected chi connectivity index (χ2v) is 8.45. The first-order chi connectivity index (χ1) is 12.3. The van der Waals surface area contributed by atoms with E-state index in [1.165, 1.54) is 14.2 Å². The van der Waals surface area contributed by atoms with Crippen molar-refractivity contribution in [3.63, 3.8) is 0 Å². The molecule has 2 aliphatic heterocycles. The van der Waals surface area contributed by atoms with Crippen molar-refractivity contribution in [1.82, 2.24) is 25.3 Å². The number of carbonyl (C=O) groups excluding carboxylic acids is 2. The van der Waals surface area contributed by atoms with E-state index < -0.39 is 21.8 Å². The standard InChI is InChI=1S/C14H21N5O6S/c1-15-14(21)13-16-11(25-17-13)5-18-3-4-19(12(20)6-24-2)10-8-26(22,23)7-9(10)18/h9-10H,3-8H2,1-2H3,(H,15,21)/t9-,10+/m1/s1. The second kappa shape index (κ2) is 7.29. The van der Waals surface area contributed by atoms with Gasteiger partial charge in [-0.15, -0.1) is 0 Å². The molecule has 3 rings (SSSR count). The van der Waals surface area contributed by atoms with Gasteiger partial charge in [-0.3, -0.25) is 14.5 Å². The van der Waals surface area contributed by atoms with Crippen molar-refractivity contribution >= 4 is 21.7 Å². The lowest BCUT2D eigenvalue weighted by Crippen LogP contribution is -2.60. The lowest BCUT2D eigenvalue weighted by molar-refractivity contribution is -0.141. The molecule has 11 nitrogen and oxygen atoms in total. The van der Waals surface area contributed by atoms with Crippen molar-refractivity contribution in [3.8, 4) is 0 Å². The number of hydrogen-bond acceptors (Lipinski definition) is 9. The molecule has 2 saturated heterocycles. The summed E-state index contributed by atoms with van der Waals surface area (Å²) < 4.78 is 34.3. The number of hydrogen-bond donors (Lipinski definition) is 1. The molecule has 0 radical (unpaired) electrons.